The molecule has 2 heterocycles. The maximum Gasteiger partial charge on any atom is 0.352 e. The largest absolute Gasteiger partial charge is 0.505 e. The van der Waals surface area contributed by atoms with Crippen LogP contribution >= 0.6 is 22.7 Å². The highest BCUT2D eigenvalue weighted by atomic mass is 32.2. The van der Waals surface area contributed by atoms with Crippen molar-refractivity contribution in [3.8, 4) is 5.75 Å². The molecule has 2 rings (SSSR count). The Morgan fingerprint density at radius 1 is 1.05 bits per heavy atom. The van der Waals surface area contributed by atoms with Crippen molar-refractivity contribution in [1.82, 2.24) is 0 Å². The van der Waals surface area contributed by atoms with E-state index in [1.807, 2.05) is 0 Å². The molecule has 1 N–H and O–H groups in total. The van der Waals surface area contributed by atoms with Crippen LogP contribution in [0.1, 0.15) is 38.8 Å². The van der Waals surface area contributed by atoms with Crippen molar-refractivity contribution in [3.63, 3.8) is 0 Å². The molecule has 7 heteroatoms. The van der Waals surface area contributed by atoms with Gasteiger partial charge in [0.25, 0.3) is 0 Å². The molecule has 0 saturated heterocycles. The summed E-state index contributed by atoms with van der Waals surface area (Å²) >= 11 is 2.35. The lowest BCUT2D eigenvalue weighted by atomic mass is 10.2. The van der Waals surface area contributed by atoms with Gasteiger partial charge in [0, 0.05) is 0 Å². The summed E-state index contributed by atoms with van der Waals surface area (Å²) in [5, 5.41) is 10.7. The average Bonchev–Trinajstić information content (AvgIpc) is 2.89. The highest BCUT2D eigenvalue weighted by molar-refractivity contribution is 7.40. The second kappa shape index (κ2) is 5.80. The molecule has 0 fully saturated rings. The predicted octanol–water partition coefficient (Wildman–Crippen LogP) is 3.33. The van der Waals surface area contributed by atoms with Crippen molar-refractivity contribution in [2.75, 3.05) is 13.2 Å². The van der Waals surface area contributed by atoms with E-state index < -0.39 is 11.9 Å². The fourth-order valence-electron chi connectivity index (χ4n) is 1.81. The van der Waals surface area contributed by atoms with Crippen LogP contribution in [0.3, 0.4) is 0 Å². The number of esters is 2. The Kier molecular flexibility index (Phi) is 4.29. The molecule has 0 unspecified atom stereocenters. The first-order valence-electron chi connectivity index (χ1n) is 6.10. The molecule has 20 heavy (non-hydrogen) atoms. The normalized spacial score (nSPS) is 10.8. The molecule has 0 aromatic carbocycles. The molecule has 0 aliphatic carbocycles. The summed E-state index contributed by atoms with van der Waals surface area (Å²) in [6.07, 6.45) is 0. The number of carbonyl (C=O) groups excluding carboxylic acids is 2. The number of ether oxygens (including phenoxy) is 2. The zero-order valence-corrected chi connectivity index (χ0v) is 12.9. The molecular formula is C13H14O5S2. The van der Waals surface area contributed by atoms with Gasteiger partial charge in [-0.05, 0) is 26.3 Å². The van der Waals surface area contributed by atoms with Crippen molar-refractivity contribution in [1.29, 1.82) is 0 Å². The van der Waals surface area contributed by atoms with Gasteiger partial charge in [-0.3, -0.25) is 0 Å². The van der Waals surface area contributed by atoms with E-state index in [-0.39, 0.29) is 17.2 Å². The van der Waals surface area contributed by atoms with Crippen molar-refractivity contribution in [3.05, 3.63) is 15.3 Å². The van der Waals surface area contributed by atoms with E-state index in [2.05, 4.69) is 0 Å². The Hall–Kier alpha value is -1.60. The smallest absolute Gasteiger partial charge is 0.352 e. The lowest BCUT2D eigenvalue weighted by Crippen LogP contribution is -2.04. The molecule has 0 spiro atoms. The molecule has 0 radical (unpaired) electrons. The summed E-state index contributed by atoms with van der Waals surface area (Å²) in [5.41, 5.74) is 0.632. The number of rotatable bonds is 4. The van der Waals surface area contributed by atoms with Gasteiger partial charge in [0.2, 0.25) is 0 Å². The number of hydrogen-bond acceptors (Lipinski definition) is 7. The lowest BCUT2D eigenvalue weighted by molar-refractivity contribution is 0.0521. The Morgan fingerprint density at radius 3 is 2.05 bits per heavy atom. The minimum absolute atomic E-state index is 0.118. The second-order valence-electron chi connectivity index (χ2n) is 3.94. The Labute approximate surface area is 123 Å². The van der Waals surface area contributed by atoms with E-state index in [9.17, 15) is 14.7 Å². The van der Waals surface area contributed by atoms with Crippen molar-refractivity contribution < 1.29 is 24.2 Å². The highest BCUT2D eigenvalue weighted by Gasteiger charge is 2.26. The molecule has 0 bridgehead atoms. The summed E-state index contributed by atoms with van der Waals surface area (Å²) in [6, 6.07) is 0. The van der Waals surface area contributed by atoms with Crippen molar-refractivity contribution in [2.24, 2.45) is 0 Å². The maximum atomic E-state index is 11.8. The predicted molar refractivity (Wildman–Crippen MR) is 78.0 cm³/mol. The third kappa shape index (κ3) is 2.38. The minimum Gasteiger partial charge on any atom is -0.505 e. The second-order valence-corrected chi connectivity index (χ2v) is 6.24. The molecule has 0 aliphatic rings. The number of fused-ring (bicyclic) bond motifs is 1. The molecule has 5 nitrogen and oxygen atoms in total. The highest BCUT2D eigenvalue weighted by Crippen LogP contribution is 2.45. The minimum atomic E-state index is -0.546. The first-order valence-corrected chi connectivity index (χ1v) is 7.73. The fraction of sp³-hybridized carbons (Fsp3) is 0.385. The molecule has 2 aromatic rings. The quantitative estimate of drug-likeness (QED) is 0.876. The van der Waals surface area contributed by atoms with Gasteiger partial charge in [0.1, 0.15) is 10.6 Å². The zero-order valence-electron chi connectivity index (χ0n) is 11.3. The average molecular weight is 314 g/mol. The van der Waals surface area contributed by atoms with Gasteiger partial charge in [0.15, 0.2) is 4.88 Å². The Bertz CT molecular complexity index is 614. The molecule has 108 valence electrons. The summed E-state index contributed by atoms with van der Waals surface area (Å²) in [5.74, 6) is -1.07. The van der Waals surface area contributed by atoms with Crippen LogP contribution in [-0.4, -0.2) is 30.3 Å². The van der Waals surface area contributed by atoms with Crippen LogP contribution in [-0.2, 0) is 9.47 Å². The molecule has 0 aliphatic heterocycles. The lowest BCUT2D eigenvalue weighted by Gasteiger charge is -2.01. The zero-order chi connectivity index (χ0) is 14.9. The first kappa shape index (κ1) is 14.8. The summed E-state index contributed by atoms with van der Waals surface area (Å²) < 4.78 is 10.6. The number of aromatic hydroxyl groups is 1. The molecule has 0 atom stereocenters. The molecular weight excluding hydrogens is 300 g/mol. The van der Waals surface area contributed by atoms with E-state index in [0.29, 0.717) is 26.4 Å². The van der Waals surface area contributed by atoms with Gasteiger partial charge in [-0.25, -0.2) is 9.59 Å². The van der Waals surface area contributed by atoms with E-state index in [0.717, 1.165) is 11.3 Å². The Balaban J connectivity index is 2.49. The monoisotopic (exact) mass is 314 g/mol. The van der Waals surface area contributed by atoms with E-state index in [1.165, 1.54) is 11.3 Å². The van der Waals surface area contributed by atoms with Gasteiger partial charge >= 0.3 is 11.9 Å². The van der Waals surface area contributed by atoms with E-state index in [4.69, 9.17) is 9.47 Å². The number of carbonyl (C=O) groups is 2. The third-order valence-corrected chi connectivity index (χ3v) is 5.20. The number of thiophene rings is 2. The topological polar surface area (TPSA) is 72.8 Å². The number of hydrogen-bond donors (Lipinski definition) is 1. The van der Waals surface area contributed by atoms with Crippen LogP contribution < -0.4 is 0 Å². The van der Waals surface area contributed by atoms with Gasteiger partial charge in [-0.1, -0.05) is 0 Å². The summed E-state index contributed by atoms with van der Waals surface area (Å²) in [7, 11) is 0. The van der Waals surface area contributed by atoms with E-state index >= 15 is 0 Å². The molecule has 2 aromatic heterocycles. The third-order valence-electron chi connectivity index (χ3n) is 2.68. The maximum absolute atomic E-state index is 11.8. The molecule has 0 saturated carbocycles. The molecule has 0 amide bonds. The standard InChI is InChI=1S/C13H14O5S2/c1-4-17-11(15)9-6(3)7-8(14)10(12(16)18-5-2)20-13(7)19-9/h14H,4-5H2,1-3H3. The van der Waals surface area contributed by atoms with Gasteiger partial charge < -0.3 is 14.6 Å². The van der Waals surface area contributed by atoms with Gasteiger partial charge in [0.05, 0.1) is 22.6 Å². The fourth-order valence-corrected chi connectivity index (χ4v) is 4.29. The summed E-state index contributed by atoms with van der Waals surface area (Å²) in [4.78, 5) is 24.1. The first-order chi connectivity index (χ1) is 9.51. The van der Waals surface area contributed by atoms with Crippen LogP contribution in [0.25, 0.3) is 9.40 Å². The van der Waals surface area contributed by atoms with Gasteiger partial charge in [-0.2, -0.15) is 0 Å². The van der Waals surface area contributed by atoms with Crippen LogP contribution in [0, 0.1) is 6.92 Å². The van der Waals surface area contributed by atoms with Crippen LogP contribution in [0.4, 0.5) is 0 Å². The van der Waals surface area contributed by atoms with Crippen LogP contribution in [0.15, 0.2) is 0 Å². The Morgan fingerprint density at radius 2 is 1.55 bits per heavy atom. The van der Waals surface area contributed by atoms with Crippen LogP contribution in [0.5, 0.6) is 5.75 Å². The number of aryl methyl sites for hydroxylation is 1. The van der Waals surface area contributed by atoms with Crippen molar-refractivity contribution >= 4 is 44.0 Å². The summed E-state index contributed by atoms with van der Waals surface area (Å²) in [6.45, 7) is 5.71. The van der Waals surface area contributed by atoms with Crippen molar-refractivity contribution in [2.45, 2.75) is 20.8 Å². The SMILES string of the molecule is CCOC(=O)c1sc2sc(C(=O)OCC)c(O)c2c1C. The van der Waals surface area contributed by atoms with Gasteiger partial charge in [-0.15, -0.1) is 22.7 Å². The van der Waals surface area contributed by atoms with E-state index in [1.54, 1.807) is 20.8 Å². The van der Waals surface area contributed by atoms with Crippen LogP contribution in [0.2, 0.25) is 0 Å².